The largest absolute Gasteiger partial charge is 0.334 e. The number of para-hydroxylation sites is 1. The lowest BCUT2D eigenvalue weighted by atomic mass is 10.0. The van der Waals surface area contributed by atoms with E-state index in [0.717, 1.165) is 16.6 Å². The van der Waals surface area contributed by atoms with Crippen molar-refractivity contribution in [2.24, 2.45) is 0 Å². The summed E-state index contributed by atoms with van der Waals surface area (Å²) in [6, 6.07) is 7.62. The molecule has 3 N–H and O–H groups in total. The third-order valence-corrected chi connectivity index (χ3v) is 3.59. The molecule has 4 heteroatoms. The van der Waals surface area contributed by atoms with E-state index in [2.05, 4.69) is 47.3 Å². The van der Waals surface area contributed by atoms with E-state index in [0.29, 0.717) is 6.54 Å². The van der Waals surface area contributed by atoms with Crippen LogP contribution in [0, 0.1) is 0 Å². The van der Waals surface area contributed by atoms with Crippen molar-refractivity contribution in [1.29, 1.82) is 0 Å². The fourth-order valence-electron chi connectivity index (χ4n) is 1.28. The Kier molecular flexibility index (Phi) is 5.15. The molecule has 1 amide bonds. The molecular formula is C13H20BrN2O+. The Morgan fingerprint density at radius 1 is 1.41 bits per heavy atom. The fourth-order valence-corrected chi connectivity index (χ4v) is 1.66. The summed E-state index contributed by atoms with van der Waals surface area (Å²) in [6.07, 6.45) is 1.04. The van der Waals surface area contributed by atoms with Crippen molar-refractivity contribution in [2.45, 2.75) is 32.7 Å². The van der Waals surface area contributed by atoms with Gasteiger partial charge in [0.15, 0.2) is 6.54 Å². The monoisotopic (exact) mass is 299 g/mol. The Balaban J connectivity index is 2.48. The Morgan fingerprint density at radius 3 is 2.65 bits per heavy atom. The van der Waals surface area contributed by atoms with Crippen LogP contribution in [-0.4, -0.2) is 18.0 Å². The number of carbonyl (C=O) groups is 1. The Bertz CT molecular complexity index is 391. The summed E-state index contributed by atoms with van der Waals surface area (Å²) in [6.45, 7) is 6.85. The second-order valence-corrected chi connectivity index (χ2v) is 5.63. The molecule has 1 aromatic rings. The molecule has 0 aliphatic rings. The molecule has 0 saturated carbocycles. The van der Waals surface area contributed by atoms with E-state index in [1.54, 1.807) is 0 Å². The number of anilines is 1. The summed E-state index contributed by atoms with van der Waals surface area (Å²) in [4.78, 5) is 11.8. The molecule has 0 aromatic heterocycles. The first-order valence-corrected chi connectivity index (χ1v) is 6.62. The molecule has 94 valence electrons. The number of carbonyl (C=O) groups excluding carboxylic acids is 1. The van der Waals surface area contributed by atoms with Crippen molar-refractivity contribution in [3.05, 3.63) is 28.7 Å². The van der Waals surface area contributed by atoms with Crippen LogP contribution in [-0.2, 0) is 4.79 Å². The van der Waals surface area contributed by atoms with Gasteiger partial charge in [0.25, 0.3) is 5.91 Å². The smallest absolute Gasteiger partial charge is 0.279 e. The molecule has 0 aliphatic carbocycles. The minimum atomic E-state index is 0.0263. The molecule has 0 bridgehead atoms. The maximum Gasteiger partial charge on any atom is 0.279 e. The van der Waals surface area contributed by atoms with Crippen LogP contribution in [0.3, 0.4) is 0 Å². The molecule has 0 atom stereocenters. The van der Waals surface area contributed by atoms with Crippen molar-refractivity contribution >= 4 is 27.5 Å². The van der Waals surface area contributed by atoms with Gasteiger partial charge in [0.05, 0.1) is 11.2 Å². The standard InChI is InChI=1S/C13H19BrN2O/c1-4-13(2,3)15-9-12(17)16-11-8-6-5-7-10(11)14/h5-8,15H,4,9H2,1-3H3,(H,16,17)/p+1. The van der Waals surface area contributed by atoms with Gasteiger partial charge in [-0.05, 0) is 48.3 Å². The van der Waals surface area contributed by atoms with Gasteiger partial charge in [-0.1, -0.05) is 19.1 Å². The van der Waals surface area contributed by atoms with Gasteiger partial charge in [-0.25, -0.2) is 0 Å². The molecule has 0 fully saturated rings. The first kappa shape index (κ1) is 14.2. The Hall–Kier alpha value is -0.870. The zero-order valence-electron chi connectivity index (χ0n) is 10.6. The molecule has 0 unspecified atom stereocenters. The summed E-state index contributed by atoms with van der Waals surface area (Å²) in [7, 11) is 0. The Labute approximate surface area is 111 Å². The normalized spacial score (nSPS) is 11.3. The maximum atomic E-state index is 11.8. The van der Waals surface area contributed by atoms with E-state index >= 15 is 0 Å². The number of halogens is 1. The van der Waals surface area contributed by atoms with Crippen LogP contribution in [0.2, 0.25) is 0 Å². The third-order valence-electron chi connectivity index (χ3n) is 2.90. The number of nitrogens with two attached hydrogens (primary N) is 1. The van der Waals surface area contributed by atoms with Gasteiger partial charge >= 0.3 is 0 Å². The number of quaternary nitrogens is 1. The third kappa shape index (κ3) is 4.88. The summed E-state index contributed by atoms with van der Waals surface area (Å²) < 4.78 is 0.906. The average Bonchev–Trinajstić information content (AvgIpc) is 2.30. The highest BCUT2D eigenvalue weighted by molar-refractivity contribution is 9.10. The molecule has 17 heavy (non-hydrogen) atoms. The molecule has 0 saturated heterocycles. The number of hydrogen-bond acceptors (Lipinski definition) is 1. The van der Waals surface area contributed by atoms with Crippen molar-refractivity contribution in [3.8, 4) is 0 Å². The zero-order valence-corrected chi connectivity index (χ0v) is 12.2. The summed E-state index contributed by atoms with van der Waals surface area (Å²) in [5, 5.41) is 4.96. The van der Waals surface area contributed by atoms with Crippen LogP contribution in [0.15, 0.2) is 28.7 Å². The molecule has 1 rings (SSSR count). The van der Waals surface area contributed by atoms with Crippen molar-refractivity contribution in [2.75, 3.05) is 11.9 Å². The molecule has 3 nitrogen and oxygen atoms in total. The van der Waals surface area contributed by atoms with Gasteiger partial charge in [-0.15, -0.1) is 0 Å². The van der Waals surface area contributed by atoms with E-state index in [9.17, 15) is 4.79 Å². The first-order chi connectivity index (χ1) is 7.94. The number of benzene rings is 1. The number of hydrogen-bond donors (Lipinski definition) is 2. The number of amides is 1. The second-order valence-electron chi connectivity index (χ2n) is 4.78. The zero-order chi connectivity index (χ0) is 12.9. The second kappa shape index (κ2) is 6.17. The van der Waals surface area contributed by atoms with Gasteiger partial charge in [0.1, 0.15) is 0 Å². The first-order valence-electron chi connectivity index (χ1n) is 5.83. The van der Waals surface area contributed by atoms with Crippen LogP contribution in [0.4, 0.5) is 5.69 Å². The van der Waals surface area contributed by atoms with Crippen molar-refractivity contribution in [3.63, 3.8) is 0 Å². The number of nitrogens with one attached hydrogen (secondary N) is 1. The molecule has 0 heterocycles. The highest BCUT2D eigenvalue weighted by Crippen LogP contribution is 2.20. The molecule has 0 radical (unpaired) electrons. The minimum Gasteiger partial charge on any atom is -0.334 e. The lowest BCUT2D eigenvalue weighted by molar-refractivity contribution is -0.711. The van der Waals surface area contributed by atoms with Crippen LogP contribution in [0.25, 0.3) is 0 Å². The highest BCUT2D eigenvalue weighted by Gasteiger charge is 2.19. The molecular weight excluding hydrogens is 280 g/mol. The van der Waals surface area contributed by atoms with E-state index in [1.165, 1.54) is 0 Å². The van der Waals surface area contributed by atoms with Gasteiger partial charge in [-0.2, -0.15) is 0 Å². The quantitative estimate of drug-likeness (QED) is 0.860. The van der Waals surface area contributed by atoms with Crippen LogP contribution in [0.5, 0.6) is 0 Å². The SMILES string of the molecule is CCC(C)(C)[NH2+]CC(=O)Nc1ccccc1Br. The van der Waals surface area contributed by atoms with Crippen LogP contribution < -0.4 is 10.6 Å². The van der Waals surface area contributed by atoms with Gasteiger partial charge in [0, 0.05) is 4.47 Å². The Morgan fingerprint density at radius 2 is 2.06 bits per heavy atom. The van der Waals surface area contributed by atoms with E-state index in [1.807, 2.05) is 24.3 Å². The molecule has 0 aliphatic heterocycles. The summed E-state index contributed by atoms with van der Waals surface area (Å²) in [5.41, 5.74) is 0.936. The minimum absolute atomic E-state index is 0.0263. The predicted octanol–water partition coefficient (Wildman–Crippen LogP) is 2.14. The lowest BCUT2D eigenvalue weighted by Gasteiger charge is -2.20. The van der Waals surface area contributed by atoms with Gasteiger partial charge in [0.2, 0.25) is 0 Å². The maximum absolute atomic E-state index is 11.8. The van der Waals surface area contributed by atoms with Gasteiger partial charge in [-0.3, -0.25) is 4.79 Å². The van der Waals surface area contributed by atoms with E-state index in [-0.39, 0.29) is 11.4 Å². The average molecular weight is 300 g/mol. The summed E-state index contributed by atoms with van der Waals surface area (Å²) in [5.74, 6) is 0.0263. The van der Waals surface area contributed by atoms with Crippen LogP contribution >= 0.6 is 15.9 Å². The molecule has 1 aromatic carbocycles. The topological polar surface area (TPSA) is 45.7 Å². The van der Waals surface area contributed by atoms with E-state index < -0.39 is 0 Å². The van der Waals surface area contributed by atoms with Gasteiger partial charge < -0.3 is 10.6 Å². The van der Waals surface area contributed by atoms with E-state index in [4.69, 9.17) is 0 Å². The van der Waals surface area contributed by atoms with Crippen molar-refractivity contribution < 1.29 is 10.1 Å². The summed E-state index contributed by atoms with van der Waals surface area (Å²) >= 11 is 3.40. The fraction of sp³-hybridized carbons (Fsp3) is 0.462. The number of rotatable bonds is 5. The molecule has 0 spiro atoms. The van der Waals surface area contributed by atoms with Crippen molar-refractivity contribution in [1.82, 2.24) is 0 Å². The van der Waals surface area contributed by atoms with Crippen LogP contribution in [0.1, 0.15) is 27.2 Å². The predicted molar refractivity (Wildman–Crippen MR) is 73.9 cm³/mol. The lowest BCUT2D eigenvalue weighted by Crippen LogP contribution is -2.96. The highest BCUT2D eigenvalue weighted by atomic mass is 79.9.